The highest BCUT2D eigenvalue weighted by Gasteiger charge is 2.20. The van der Waals surface area contributed by atoms with Crippen molar-refractivity contribution in [2.75, 3.05) is 13.1 Å². The van der Waals surface area contributed by atoms with Crippen LogP contribution in [0.3, 0.4) is 0 Å². The molecule has 1 atom stereocenters. The van der Waals surface area contributed by atoms with Gasteiger partial charge >= 0.3 is 0 Å². The third kappa shape index (κ3) is 2.08. The normalized spacial score (nSPS) is 24.0. The molecule has 0 bridgehead atoms. The fourth-order valence-corrected chi connectivity index (χ4v) is 1.67. The monoisotopic (exact) mass is 182 g/mol. The number of aryl methyl sites for hydroxylation is 1. The molecular formula is C9H14N2O2. The maximum absolute atomic E-state index is 9.29. The van der Waals surface area contributed by atoms with E-state index in [4.69, 9.17) is 4.52 Å². The molecule has 1 fully saturated rings. The Labute approximate surface area is 77.1 Å². The number of rotatable bonds is 2. The highest BCUT2D eigenvalue weighted by molar-refractivity contribution is 5.03. The molecule has 1 aliphatic rings. The summed E-state index contributed by atoms with van der Waals surface area (Å²) in [4.78, 5) is 2.17. The van der Waals surface area contributed by atoms with Crippen molar-refractivity contribution >= 4 is 0 Å². The van der Waals surface area contributed by atoms with Gasteiger partial charge in [0.15, 0.2) is 5.76 Å². The largest absolute Gasteiger partial charge is 0.392 e. The van der Waals surface area contributed by atoms with E-state index in [9.17, 15) is 5.11 Å². The zero-order valence-corrected chi connectivity index (χ0v) is 7.73. The molecule has 0 aromatic carbocycles. The molecule has 0 saturated carbocycles. The minimum absolute atomic E-state index is 0.163. The molecule has 1 aliphatic heterocycles. The zero-order valence-electron chi connectivity index (χ0n) is 7.73. The molecule has 1 aromatic heterocycles. The van der Waals surface area contributed by atoms with Crippen LogP contribution in [0.25, 0.3) is 0 Å². The van der Waals surface area contributed by atoms with E-state index in [1.165, 1.54) is 0 Å². The standard InChI is InChI=1S/C9H14N2O2/c1-7-4-9(13-10-7)6-11-3-2-8(12)5-11/h4,8,12H,2-3,5-6H2,1H3. The lowest BCUT2D eigenvalue weighted by atomic mass is 10.3. The second-order valence-corrected chi connectivity index (χ2v) is 3.61. The molecule has 1 N–H and O–H groups in total. The van der Waals surface area contributed by atoms with Crippen molar-refractivity contribution in [3.63, 3.8) is 0 Å². The molecule has 72 valence electrons. The first-order valence-electron chi connectivity index (χ1n) is 4.56. The van der Waals surface area contributed by atoms with Crippen molar-refractivity contribution < 1.29 is 9.63 Å². The van der Waals surface area contributed by atoms with Gasteiger partial charge in [0.2, 0.25) is 0 Å². The third-order valence-corrected chi connectivity index (χ3v) is 2.30. The summed E-state index contributed by atoms with van der Waals surface area (Å²) in [5, 5.41) is 13.1. The Kier molecular flexibility index (Phi) is 2.33. The Morgan fingerprint density at radius 2 is 2.62 bits per heavy atom. The van der Waals surface area contributed by atoms with Crippen LogP contribution < -0.4 is 0 Å². The Morgan fingerprint density at radius 1 is 1.77 bits per heavy atom. The SMILES string of the molecule is Cc1cc(CN2CCC(O)C2)on1. The van der Waals surface area contributed by atoms with Gasteiger partial charge in [0.25, 0.3) is 0 Å². The van der Waals surface area contributed by atoms with Crippen LogP contribution in [0.4, 0.5) is 0 Å². The molecule has 4 nitrogen and oxygen atoms in total. The molecule has 0 radical (unpaired) electrons. The Hall–Kier alpha value is -0.870. The van der Waals surface area contributed by atoms with Gasteiger partial charge < -0.3 is 9.63 Å². The summed E-state index contributed by atoms with van der Waals surface area (Å²) in [5.41, 5.74) is 0.912. The van der Waals surface area contributed by atoms with Gasteiger partial charge in [-0.3, -0.25) is 4.90 Å². The average molecular weight is 182 g/mol. The number of nitrogens with zero attached hydrogens (tertiary/aromatic N) is 2. The molecule has 2 rings (SSSR count). The van der Waals surface area contributed by atoms with E-state index >= 15 is 0 Å². The van der Waals surface area contributed by atoms with Crippen molar-refractivity contribution in [2.24, 2.45) is 0 Å². The Morgan fingerprint density at radius 3 is 3.15 bits per heavy atom. The van der Waals surface area contributed by atoms with Crippen LogP contribution in [0, 0.1) is 6.92 Å². The van der Waals surface area contributed by atoms with E-state index in [0.717, 1.165) is 37.5 Å². The third-order valence-electron chi connectivity index (χ3n) is 2.30. The maximum atomic E-state index is 9.29. The van der Waals surface area contributed by atoms with E-state index in [1.54, 1.807) is 0 Å². The number of aromatic nitrogens is 1. The smallest absolute Gasteiger partial charge is 0.150 e. The van der Waals surface area contributed by atoms with E-state index < -0.39 is 0 Å². The lowest BCUT2D eigenvalue weighted by molar-refractivity contribution is 0.170. The second-order valence-electron chi connectivity index (χ2n) is 3.61. The predicted octanol–water partition coefficient (Wildman–Crippen LogP) is 0.550. The van der Waals surface area contributed by atoms with Gasteiger partial charge in [-0.1, -0.05) is 5.16 Å². The van der Waals surface area contributed by atoms with Crippen molar-refractivity contribution in [3.8, 4) is 0 Å². The minimum atomic E-state index is -0.163. The fraction of sp³-hybridized carbons (Fsp3) is 0.667. The zero-order chi connectivity index (χ0) is 9.26. The maximum Gasteiger partial charge on any atom is 0.150 e. The first-order chi connectivity index (χ1) is 6.24. The van der Waals surface area contributed by atoms with E-state index in [-0.39, 0.29) is 6.10 Å². The van der Waals surface area contributed by atoms with Gasteiger partial charge in [0.1, 0.15) is 0 Å². The second kappa shape index (κ2) is 3.47. The summed E-state index contributed by atoms with van der Waals surface area (Å²) in [6, 6.07) is 1.94. The van der Waals surface area contributed by atoms with E-state index in [2.05, 4.69) is 10.1 Å². The molecule has 1 unspecified atom stereocenters. The highest BCUT2D eigenvalue weighted by Crippen LogP contribution is 2.13. The molecule has 4 heteroatoms. The van der Waals surface area contributed by atoms with Crippen LogP contribution in [0.1, 0.15) is 17.9 Å². The van der Waals surface area contributed by atoms with Crippen LogP contribution in [0.15, 0.2) is 10.6 Å². The summed E-state index contributed by atoms with van der Waals surface area (Å²) in [6.07, 6.45) is 0.705. The lowest BCUT2D eigenvalue weighted by Gasteiger charge is -2.11. The van der Waals surface area contributed by atoms with Crippen LogP contribution in [0.2, 0.25) is 0 Å². The van der Waals surface area contributed by atoms with Crippen LogP contribution in [-0.4, -0.2) is 34.4 Å². The molecular weight excluding hydrogens is 168 g/mol. The molecule has 0 spiro atoms. The topological polar surface area (TPSA) is 49.5 Å². The number of likely N-dealkylation sites (tertiary alicyclic amines) is 1. The molecule has 0 aliphatic carbocycles. The van der Waals surface area contributed by atoms with Gasteiger partial charge in [0.05, 0.1) is 18.3 Å². The van der Waals surface area contributed by atoms with Gasteiger partial charge in [-0.25, -0.2) is 0 Å². The Balaban J connectivity index is 1.91. The van der Waals surface area contributed by atoms with E-state index in [0.29, 0.717) is 0 Å². The number of aliphatic hydroxyl groups excluding tert-OH is 1. The van der Waals surface area contributed by atoms with Crippen LogP contribution in [0.5, 0.6) is 0 Å². The molecule has 0 amide bonds. The van der Waals surface area contributed by atoms with Gasteiger partial charge in [-0.05, 0) is 13.3 Å². The minimum Gasteiger partial charge on any atom is -0.392 e. The summed E-state index contributed by atoms with van der Waals surface area (Å²) >= 11 is 0. The molecule has 1 aromatic rings. The quantitative estimate of drug-likeness (QED) is 0.725. The number of aliphatic hydroxyl groups is 1. The molecule has 2 heterocycles. The number of hydrogen-bond acceptors (Lipinski definition) is 4. The Bertz CT molecular complexity index is 285. The van der Waals surface area contributed by atoms with Crippen LogP contribution in [-0.2, 0) is 6.54 Å². The first kappa shape index (κ1) is 8.72. The van der Waals surface area contributed by atoms with Crippen molar-refractivity contribution in [3.05, 3.63) is 17.5 Å². The molecule has 13 heavy (non-hydrogen) atoms. The van der Waals surface area contributed by atoms with Gasteiger partial charge in [0, 0.05) is 19.2 Å². The van der Waals surface area contributed by atoms with Crippen molar-refractivity contribution in [1.82, 2.24) is 10.1 Å². The fourth-order valence-electron chi connectivity index (χ4n) is 1.67. The molecule has 1 saturated heterocycles. The summed E-state index contributed by atoms with van der Waals surface area (Å²) < 4.78 is 5.09. The number of hydrogen-bond donors (Lipinski definition) is 1. The average Bonchev–Trinajstić information content (AvgIpc) is 2.62. The van der Waals surface area contributed by atoms with E-state index in [1.807, 2.05) is 13.0 Å². The first-order valence-corrected chi connectivity index (χ1v) is 4.56. The van der Waals surface area contributed by atoms with Crippen molar-refractivity contribution in [2.45, 2.75) is 26.0 Å². The number of β-amino-alcohol motifs (C(OH)–C–C–N with tert-alkyl or cyclic N) is 1. The summed E-state index contributed by atoms with van der Waals surface area (Å²) in [5.74, 6) is 0.881. The predicted molar refractivity (Wildman–Crippen MR) is 47.1 cm³/mol. The summed E-state index contributed by atoms with van der Waals surface area (Å²) in [7, 11) is 0. The van der Waals surface area contributed by atoms with Crippen molar-refractivity contribution in [1.29, 1.82) is 0 Å². The van der Waals surface area contributed by atoms with Gasteiger partial charge in [-0.15, -0.1) is 0 Å². The summed E-state index contributed by atoms with van der Waals surface area (Å²) in [6.45, 7) is 4.37. The highest BCUT2D eigenvalue weighted by atomic mass is 16.5. The van der Waals surface area contributed by atoms with Crippen LogP contribution >= 0.6 is 0 Å². The lowest BCUT2D eigenvalue weighted by Crippen LogP contribution is -2.21. The van der Waals surface area contributed by atoms with Gasteiger partial charge in [-0.2, -0.15) is 0 Å².